The molecule has 2 N–H and O–H groups in total. The number of benzene rings is 3. The van der Waals surface area contributed by atoms with E-state index in [1.165, 1.54) is 18.2 Å². The third kappa shape index (κ3) is 5.29. The van der Waals surface area contributed by atoms with Gasteiger partial charge in [-0.1, -0.05) is 41.6 Å². The molecule has 10 heteroatoms. The lowest BCUT2D eigenvalue weighted by molar-refractivity contribution is -0.119. The zero-order valence-corrected chi connectivity index (χ0v) is 18.8. The molecule has 1 heterocycles. The van der Waals surface area contributed by atoms with Crippen molar-refractivity contribution in [3.05, 3.63) is 95.6 Å². The molecule has 1 aromatic heterocycles. The molecule has 172 valence electrons. The van der Waals surface area contributed by atoms with Crippen LogP contribution in [-0.2, 0) is 4.79 Å². The van der Waals surface area contributed by atoms with E-state index < -0.39 is 23.4 Å². The van der Waals surface area contributed by atoms with E-state index in [-0.39, 0.29) is 16.9 Å². The van der Waals surface area contributed by atoms with Gasteiger partial charge in [0.05, 0.1) is 11.3 Å². The average molecular weight is 480 g/mol. The Balaban J connectivity index is 1.50. The summed E-state index contributed by atoms with van der Waals surface area (Å²) in [4.78, 5) is 24.4. The van der Waals surface area contributed by atoms with E-state index in [9.17, 15) is 18.4 Å². The van der Waals surface area contributed by atoms with E-state index in [0.717, 1.165) is 29.5 Å². The monoisotopic (exact) mass is 479 g/mol. The SMILES string of the molecule is Cc1ccc(-n2c(SCC(=O)NNC(=O)c3ccc(F)cc3)nnc2-c2ccccc2F)cc1. The van der Waals surface area contributed by atoms with Crippen LogP contribution in [0, 0.1) is 18.6 Å². The van der Waals surface area contributed by atoms with Gasteiger partial charge in [-0.25, -0.2) is 8.78 Å². The summed E-state index contributed by atoms with van der Waals surface area (Å²) in [7, 11) is 0. The summed E-state index contributed by atoms with van der Waals surface area (Å²) in [6.45, 7) is 1.95. The summed E-state index contributed by atoms with van der Waals surface area (Å²) in [5.41, 5.74) is 6.82. The third-order valence-electron chi connectivity index (χ3n) is 4.79. The molecule has 0 bridgehead atoms. The molecule has 0 spiro atoms. The molecule has 34 heavy (non-hydrogen) atoms. The Labute approximate surface area is 198 Å². The molecule has 2 amide bonds. The largest absolute Gasteiger partial charge is 0.272 e. The molecule has 4 rings (SSSR count). The fourth-order valence-electron chi connectivity index (χ4n) is 3.07. The summed E-state index contributed by atoms with van der Waals surface area (Å²) < 4.78 is 29.2. The fraction of sp³-hybridized carbons (Fsp3) is 0.0833. The summed E-state index contributed by atoms with van der Waals surface area (Å²) in [5.74, 6) is -1.78. The Morgan fingerprint density at radius 1 is 0.912 bits per heavy atom. The van der Waals surface area contributed by atoms with Gasteiger partial charge in [0.25, 0.3) is 5.91 Å². The Hall–Kier alpha value is -4.05. The number of carbonyl (C=O) groups excluding carboxylic acids is 2. The molecule has 0 saturated carbocycles. The first kappa shape index (κ1) is 23.1. The fourth-order valence-corrected chi connectivity index (χ4v) is 3.83. The third-order valence-corrected chi connectivity index (χ3v) is 5.72. The average Bonchev–Trinajstić information content (AvgIpc) is 3.26. The molecule has 7 nitrogen and oxygen atoms in total. The second kappa shape index (κ2) is 10.3. The van der Waals surface area contributed by atoms with Gasteiger partial charge in [0.15, 0.2) is 11.0 Å². The lowest BCUT2D eigenvalue weighted by Crippen LogP contribution is -2.42. The summed E-state index contributed by atoms with van der Waals surface area (Å²) in [6, 6.07) is 18.7. The van der Waals surface area contributed by atoms with Crippen molar-refractivity contribution >= 4 is 23.6 Å². The van der Waals surface area contributed by atoms with Gasteiger partial charge in [-0.15, -0.1) is 10.2 Å². The smallest absolute Gasteiger partial charge is 0.269 e. The number of amides is 2. The normalized spacial score (nSPS) is 10.7. The quantitative estimate of drug-likeness (QED) is 0.322. The van der Waals surface area contributed by atoms with Gasteiger partial charge in [-0.05, 0) is 55.5 Å². The number of nitrogens with zero attached hydrogens (tertiary/aromatic N) is 3. The van der Waals surface area contributed by atoms with Gasteiger partial charge in [-0.3, -0.25) is 25.0 Å². The maximum absolute atomic E-state index is 14.5. The van der Waals surface area contributed by atoms with Crippen molar-refractivity contribution in [1.82, 2.24) is 25.6 Å². The number of thioether (sulfide) groups is 1. The van der Waals surface area contributed by atoms with Crippen molar-refractivity contribution < 1.29 is 18.4 Å². The van der Waals surface area contributed by atoms with Gasteiger partial charge in [0, 0.05) is 11.3 Å². The number of carbonyl (C=O) groups is 2. The molecule has 0 fully saturated rings. The minimum Gasteiger partial charge on any atom is -0.272 e. The van der Waals surface area contributed by atoms with Crippen LogP contribution in [-0.4, -0.2) is 32.3 Å². The molecule has 0 aliphatic carbocycles. The highest BCUT2D eigenvalue weighted by Crippen LogP contribution is 2.29. The minimum atomic E-state index is -0.581. The molecule has 3 aromatic carbocycles. The Kier molecular flexibility index (Phi) is 6.98. The van der Waals surface area contributed by atoms with E-state index >= 15 is 0 Å². The van der Waals surface area contributed by atoms with Crippen LogP contribution in [0.5, 0.6) is 0 Å². The Bertz CT molecular complexity index is 1320. The number of halogens is 2. The van der Waals surface area contributed by atoms with E-state index in [2.05, 4.69) is 21.0 Å². The van der Waals surface area contributed by atoms with Crippen LogP contribution in [0.1, 0.15) is 15.9 Å². The van der Waals surface area contributed by atoms with Crippen molar-refractivity contribution in [3.8, 4) is 17.1 Å². The molecule has 0 saturated heterocycles. The molecular weight excluding hydrogens is 460 g/mol. The Morgan fingerprint density at radius 3 is 2.32 bits per heavy atom. The maximum Gasteiger partial charge on any atom is 0.269 e. The highest BCUT2D eigenvalue weighted by molar-refractivity contribution is 7.99. The topological polar surface area (TPSA) is 88.9 Å². The number of nitrogens with one attached hydrogen (secondary N) is 2. The lowest BCUT2D eigenvalue weighted by atomic mass is 10.2. The number of aryl methyl sites for hydroxylation is 1. The van der Waals surface area contributed by atoms with Crippen LogP contribution >= 0.6 is 11.8 Å². The molecule has 0 aliphatic rings. The van der Waals surface area contributed by atoms with Crippen molar-refractivity contribution in [2.45, 2.75) is 12.1 Å². The zero-order chi connectivity index (χ0) is 24.1. The van der Waals surface area contributed by atoms with Crippen molar-refractivity contribution in [2.75, 3.05) is 5.75 Å². The highest BCUT2D eigenvalue weighted by atomic mass is 32.2. The van der Waals surface area contributed by atoms with Crippen LogP contribution in [0.25, 0.3) is 17.1 Å². The number of rotatable bonds is 6. The Morgan fingerprint density at radius 2 is 1.62 bits per heavy atom. The van der Waals surface area contributed by atoms with Gasteiger partial charge < -0.3 is 0 Å². The second-order valence-electron chi connectivity index (χ2n) is 7.25. The molecular formula is C24H19F2N5O2S. The predicted molar refractivity (Wildman–Crippen MR) is 124 cm³/mol. The van der Waals surface area contributed by atoms with Crippen LogP contribution in [0.4, 0.5) is 8.78 Å². The predicted octanol–water partition coefficient (Wildman–Crippen LogP) is 4.07. The second-order valence-corrected chi connectivity index (χ2v) is 8.20. The summed E-state index contributed by atoms with van der Waals surface area (Å²) in [5, 5.41) is 8.70. The van der Waals surface area contributed by atoms with Gasteiger partial charge in [0.1, 0.15) is 11.6 Å². The first-order valence-electron chi connectivity index (χ1n) is 10.2. The van der Waals surface area contributed by atoms with E-state index in [1.54, 1.807) is 22.8 Å². The van der Waals surface area contributed by atoms with Crippen LogP contribution in [0.3, 0.4) is 0 Å². The molecule has 4 aromatic rings. The van der Waals surface area contributed by atoms with Crippen LogP contribution in [0.2, 0.25) is 0 Å². The van der Waals surface area contributed by atoms with E-state index in [0.29, 0.717) is 16.7 Å². The molecule has 0 radical (unpaired) electrons. The van der Waals surface area contributed by atoms with Crippen molar-refractivity contribution in [1.29, 1.82) is 0 Å². The minimum absolute atomic E-state index is 0.0923. The number of aromatic nitrogens is 3. The number of hydrogen-bond donors (Lipinski definition) is 2. The summed E-state index contributed by atoms with van der Waals surface area (Å²) >= 11 is 1.08. The van der Waals surface area contributed by atoms with E-state index in [4.69, 9.17) is 0 Å². The maximum atomic E-state index is 14.5. The molecule has 0 atom stereocenters. The lowest BCUT2D eigenvalue weighted by Gasteiger charge is -2.11. The first-order chi connectivity index (χ1) is 16.4. The number of hydrogen-bond acceptors (Lipinski definition) is 5. The van der Waals surface area contributed by atoms with E-state index in [1.807, 2.05) is 31.2 Å². The zero-order valence-electron chi connectivity index (χ0n) is 18.0. The number of hydrazine groups is 1. The van der Waals surface area contributed by atoms with Crippen molar-refractivity contribution in [2.24, 2.45) is 0 Å². The van der Waals surface area contributed by atoms with Crippen LogP contribution < -0.4 is 10.9 Å². The van der Waals surface area contributed by atoms with Gasteiger partial charge in [0.2, 0.25) is 5.91 Å². The van der Waals surface area contributed by atoms with Crippen LogP contribution in [0.15, 0.2) is 78.0 Å². The molecule has 0 unspecified atom stereocenters. The first-order valence-corrected chi connectivity index (χ1v) is 11.2. The summed E-state index contributed by atoms with van der Waals surface area (Å²) in [6.07, 6.45) is 0. The standard InChI is InChI=1S/C24H19F2N5O2S/c1-15-6-12-18(13-7-15)31-22(19-4-2-3-5-20(19)26)28-30-24(31)34-14-21(32)27-29-23(33)16-8-10-17(25)11-9-16/h2-13H,14H2,1H3,(H,27,32)(H,29,33). The van der Waals surface area contributed by atoms with Gasteiger partial charge >= 0.3 is 0 Å². The highest BCUT2D eigenvalue weighted by Gasteiger charge is 2.19. The molecule has 0 aliphatic heterocycles. The van der Waals surface area contributed by atoms with Gasteiger partial charge in [-0.2, -0.15) is 0 Å². The van der Waals surface area contributed by atoms with Crippen molar-refractivity contribution in [3.63, 3.8) is 0 Å².